The minimum Gasteiger partial charge on any atom is -0.457 e. The van der Waals surface area contributed by atoms with Gasteiger partial charge in [0, 0.05) is 19.6 Å². The number of nitrogens with two attached hydrogens (primary N) is 1. The maximum absolute atomic E-state index is 12.6. The van der Waals surface area contributed by atoms with Crippen molar-refractivity contribution in [1.82, 2.24) is 0 Å². The fourth-order valence-electron chi connectivity index (χ4n) is 6.03. The topological polar surface area (TPSA) is 117 Å². The molecule has 0 fully saturated rings. The molecular formula is C55H90NO7P. The second-order valence-corrected chi connectivity index (χ2v) is 17.0. The number of phosphoric ester groups is 1. The van der Waals surface area contributed by atoms with Gasteiger partial charge in [-0.1, -0.05) is 186 Å². The summed E-state index contributed by atoms with van der Waals surface area (Å²) in [5.41, 5.74) is 5.38. The highest BCUT2D eigenvalue weighted by molar-refractivity contribution is 7.47. The van der Waals surface area contributed by atoms with Crippen LogP contribution in [0.4, 0.5) is 0 Å². The Hall–Kier alpha value is -3.36. The Balaban J connectivity index is 4.11. The summed E-state index contributed by atoms with van der Waals surface area (Å²) in [4.78, 5) is 22.6. The Morgan fingerprint density at radius 3 is 1.23 bits per heavy atom. The first-order valence-corrected chi connectivity index (χ1v) is 26.2. The van der Waals surface area contributed by atoms with Crippen molar-refractivity contribution in [2.45, 2.75) is 174 Å². The van der Waals surface area contributed by atoms with Crippen molar-refractivity contribution >= 4 is 13.8 Å². The normalized spacial score (nSPS) is 14.5. The van der Waals surface area contributed by atoms with Crippen LogP contribution in [0.25, 0.3) is 0 Å². The molecule has 9 heteroatoms. The van der Waals surface area contributed by atoms with Crippen molar-refractivity contribution in [3.63, 3.8) is 0 Å². The summed E-state index contributed by atoms with van der Waals surface area (Å²) >= 11 is 0. The number of hydrogen-bond donors (Lipinski definition) is 2. The molecule has 0 aromatic carbocycles. The van der Waals surface area contributed by atoms with E-state index in [1.54, 1.807) is 0 Å². The lowest BCUT2D eigenvalue weighted by Crippen LogP contribution is -2.28. The molecule has 0 heterocycles. The molecule has 8 nitrogen and oxygen atoms in total. The van der Waals surface area contributed by atoms with Gasteiger partial charge in [0.1, 0.15) is 6.10 Å². The number of carbonyl (C=O) groups is 1. The largest absolute Gasteiger partial charge is 0.472 e. The van der Waals surface area contributed by atoms with Crippen LogP contribution in [0.3, 0.4) is 0 Å². The Kier molecular flexibility index (Phi) is 48.0. The fourth-order valence-corrected chi connectivity index (χ4v) is 6.79. The molecule has 64 heavy (non-hydrogen) atoms. The lowest BCUT2D eigenvalue weighted by atomic mass is 10.1. The lowest BCUT2D eigenvalue weighted by Gasteiger charge is -2.20. The molecule has 0 amide bonds. The van der Waals surface area contributed by atoms with Crippen molar-refractivity contribution in [3.05, 3.63) is 134 Å². The van der Waals surface area contributed by atoms with E-state index in [9.17, 15) is 14.3 Å². The number of allylic oxidation sites excluding steroid dienone is 22. The molecule has 2 atom stereocenters. The molecule has 0 radical (unpaired) electrons. The zero-order chi connectivity index (χ0) is 46.5. The summed E-state index contributed by atoms with van der Waals surface area (Å²) in [6.07, 6.45) is 71.9. The van der Waals surface area contributed by atoms with E-state index in [-0.39, 0.29) is 38.8 Å². The average molecular weight is 908 g/mol. The zero-order valence-electron chi connectivity index (χ0n) is 40.2. The molecule has 0 spiro atoms. The van der Waals surface area contributed by atoms with Crippen molar-refractivity contribution in [2.24, 2.45) is 5.73 Å². The molecule has 0 saturated heterocycles. The molecule has 0 aromatic heterocycles. The van der Waals surface area contributed by atoms with Crippen LogP contribution < -0.4 is 5.73 Å². The van der Waals surface area contributed by atoms with Gasteiger partial charge in [-0.05, 0) is 109 Å². The van der Waals surface area contributed by atoms with Crippen LogP contribution in [0, 0.1) is 0 Å². The molecule has 0 aromatic rings. The van der Waals surface area contributed by atoms with Crippen molar-refractivity contribution in [1.29, 1.82) is 0 Å². The van der Waals surface area contributed by atoms with Crippen molar-refractivity contribution < 1.29 is 32.8 Å². The Labute approximate surface area is 391 Å². The monoisotopic (exact) mass is 908 g/mol. The number of phosphoric acid groups is 1. The molecule has 0 aliphatic heterocycles. The van der Waals surface area contributed by atoms with Gasteiger partial charge >= 0.3 is 13.8 Å². The van der Waals surface area contributed by atoms with Crippen LogP contribution >= 0.6 is 7.82 Å². The highest BCUT2D eigenvalue weighted by Gasteiger charge is 2.25. The number of ether oxygens (including phenoxy) is 2. The molecular weight excluding hydrogens is 818 g/mol. The van der Waals surface area contributed by atoms with Gasteiger partial charge in [-0.2, -0.15) is 0 Å². The quantitative estimate of drug-likeness (QED) is 0.0268. The number of hydrogen-bond acceptors (Lipinski definition) is 7. The Bertz CT molecular complexity index is 1440. The third-order valence-corrected chi connectivity index (χ3v) is 10.5. The maximum atomic E-state index is 12.6. The first kappa shape index (κ1) is 60.6. The highest BCUT2D eigenvalue weighted by Crippen LogP contribution is 2.43. The van der Waals surface area contributed by atoms with Crippen molar-refractivity contribution in [3.8, 4) is 0 Å². The predicted octanol–water partition coefficient (Wildman–Crippen LogP) is 15.5. The van der Waals surface area contributed by atoms with Gasteiger partial charge in [0.25, 0.3) is 0 Å². The third-order valence-electron chi connectivity index (χ3n) is 9.56. The van der Waals surface area contributed by atoms with Crippen LogP contribution in [0.1, 0.15) is 168 Å². The first-order valence-electron chi connectivity index (χ1n) is 24.7. The molecule has 0 aliphatic rings. The van der Waals surface area contributed by atoms with Gasteiger partial charge < -0.3 is 20.1 Å². The SMILES string of the molecule is CC/C=C\C/C=C\C/C=C\C/C=C\C/C=C\C/C=C\CCCCCCCOCC(COP(=O)(O)OCCN)OC(=O)CCCCCCC/C=C\C/C=C\C/C=C\C/C=C\C/C=C\CC. The molecule has 3 N–H and O–H groups in total. The van der Waals surface area contributed by atoms with E-state index in [1.165, 1.54) is 6.42 Å². The number of rotatable bonds is 45. The third kappa shape index (κ3) is 49.7. The van der Waals surface area contributed by atoms with E-state index < -0.39 is 13.9 Å². The summed E-state index contributed by atoms with van der Waals surface area (Å²) in [6.45, 7) is 4.58. The van der Waals surface area contributed by atoms with Gasteiger partial charge in [0.15, 0.2) is 0 Å². The van der Waals surface area contributed by atoms with Crippen LogP contribution in [-0.4, -0.2) is 49.9 Å². The van der Waals surface area contributed by atoms with E-state index in [2.05, 4.69) is 148 Å². The number of carbonyl (C=O) groups excluding carboxylic acids is 1. The summed E-state index contributed by atoms with van der Waals surface area (Å²) < 4.78 is 33.5. The summed E-state index contributed by atoms with van der Waals surface area (Å²) in [6, 6.07) is 0. The van der Waals surface area contributed by atoms with Crippen molar-refractivity contribution in [2.75, 3.05) is 33.0 Å². The van der Waals surface area contributed by atoms with E-state index in [0.717, 1.165) is 141 Å². The zero-order valence-corrected chi connectivity index (χ0v) is 41.1. The number of unbranched alkanes of at least 4 members (excludes halogenated alkanes) is 10. The van der Waals surface area contributed by atoms with Crippen LogP contribution in [0.5, 0.6) is 0 Å². The van der Waals surface area contributed by atoms with Gasteiger partial charge in [0.05, 0.1) is 19.8 Å². The molecule has 0 rings (SSSR count). The minimum absolute atomic E-state index is 0.0844. The number of esters is 1. The molecule has 0 aliphatic carbocycles. The van der Waals surface area contributed by atoms with Gasteiger partial charge in [-0.25, -0.2) is 4.57 Å². The second-order valence-electron chi connectivity index (χ2n) is 15.6. The van der Waals surface area contributed by atoms with E-state index in [0.29, 0.717) is 6.61 Å². The van der Waals surface area contributed by atoms with Crippen LogP contribution in [0.15, 0.2) is 134 Å². The summed E-state index contributed by atoms with van der Waals surface area (Å²) in [7, 11) is -4.31. The Morgan fingerprint density at radius 2 is 0.828 bits per heavy atom. The average Bonchev–Trinajstić information content (AvgIpc) is 3.29. The van der Waals surface area contributed by atoms with Crippen LogP contribution in [-0.2, 0) is 27.9 Å². The minimum atomic E-state index is -4.31. The molecule has 362 valence electrons. The standard InChI is InChI=1S/C55H90NO7P/c1-3-5-7-9-11-13-15-17-19-21-23-25-26-27-29-31-33-35-37-39-41-43-45-47-50-60-52-54(53-62-64(58,59)61-51-49-56)63-55(57)48-46-44-42-40-38-36-34-32-30-28-24-22-20-18-16-14-12-10-8-6-4-2/h5-8,11-14,17-20,23-25,27-29,32-35,54H,3-4,9-10,15-16,21-22,26,30-31,36-53,56H2,1-2H3,(H,58,59)/b7-5-,8-6-,13-11-,14-12-,19-17-,20-18-,25-23-,28-24-,29-27-,34-32-,35-33-. The van der Waals surface area contributed by atoms with E-state index in [1.807, 2.05) is 0 Å². The highest BCUT2D eigenvalue weighted by atomic mass is 31.2. The molecule has 2 unspecified atom stereocenters. The fraction of sp³-hybridized carbons (Fsp3) is 0.582. The maximum Gasteiger partial charge on any atom is 0.472 e. The van der Waals surface area contributed by atoms with Gasteiger partial charge in [0.2, 0.25) is 0 Å². The lowest BCUT2D eigenvalue weighted by molar-refractivity contribution is -0.154. The van der Waals surface area contributed by atoms with E-state index in [4.69, 9.17) is 24.3 Å². The van der Waals surface area contributed by atoms with Gasteiger partial charge in [-0.3, -0.25) is 13.8 Å². The summed E-state index contributed by atoms with van der Waals surface area (Å²) in [5.74, 6) is -0.362. The van der Waals surface area contributed by atoms with E-state index >= 15 is 0 Å². The molecule has 0 saturated carbocycles. The van der Waals surface area contributed by atoms with Gasteiger partial charge in [-0.15, -0.1) is 0 Å². The predicted molar refractivity (Wildman–Crippen MR) is 274 cm³/mol. The Morgan fingerprint density at radius 1 is 0.469 bits per heavy atom. The first-order chi connectivity index (χ1) is 31.4. The second kappa shape index (κ2) is 50.6. The summed E-state index contributed by atoms with van der Waals surface area (Å²) in [5, 5.41) is 0. The van der Waals surface area contributed by atoms with Crippen LogP contribution in [0.2, 0.25) is 0 Å². The smallest absolute Gasteiger partial charge is 0.457 e. The molecule has 0 bridgehead atoms.